The number of hydrogen-bond acceptors (Lipinski definition) is 5. The van der Waals surface area contributed by atoms with E-state index in [2.05, 4.69) is 9.71 Å². The third-order valence-electron chi connectivity index (χ3n) is 3.09. The number of thiazole rings is 1. The maximum absolute atomic E-state index is 12.6. The van der Waals surface area contributed by atoms with Gasteiger partial charge in [0.1, 0.15) is 4.88 Å². The van der Waals surface area contributed by atoms with Gasteiger partial charge in [-0.15, -0.1) is 0 Å². The predicted octanol–water partition coefficient (Wildman–Crippen LogP) is 2.88. The molecule has 0 saturated carbocycles. The van der Waals surface area contributed by atoms with Crippen molar-refractivity contribution in [3.05, 3.63) is 39.4 Å². The average Bonchev–Trinajstić information content (AvgIpc) is 2.67. The summed E-state index contributed by atoms with van der Waals surface area (Å²) in [7, 11) is -3.82. The van der Waals surface area contributed by atoms with Crippen LogP contribution in [-0.2, 0) is 10.0 Å². The number of benzene rings is 1. The number of carboxylic acid groups (broad SMARTS) is 1. The van der Waals surface area contributed by atoms with Crippen LogP contribution >= 0.6 is 11.3 Å². The van der Waals surface area contributed by atoms with Gasteiger partial charge in [-0.25, -0.2) is 18.2 Å². The third-order valence-corrected chi connectivity index (χ3v) is 5.92. The molecule has 22 heavy (non-hydrogen) atoms. The molecule has 1 heterocycles. The first-order chi connectivity index (χ1) is 10.1. The number of nitrogens with zero attached hydrogens (tertiary/aromatic N) is 1. The lowest BCUT2D eigenvalue weighted by Crippen LogP contribution is -2.15. The Morgan fingerprint density at radius 1 is 1.18 bits per heavy atom. The average molecular weight is 340 g/mol. The quantitative estimate of drug-likeness (QED) is 0.892. The van der Waals surface area contributed by atoms with Gasteiger partial charge in [-0.1, -0.05) is 29.0 Å². The largest absolute Gasteiger partial charge is 0.477 e. The van der Waals surface area contributed by atoms with Gasteiger partial charge < -0.3 is 5.11 Å². The second kappa shape index (κ2) is 5.69. The number of sulfonamides is 1. The SMILES string of the molecule is Cc1cc(C)c(S(=O)(=O)Nc2nc(C)c(C(=O)O)s2)c(C)c1. The molecule has 8 heteroatoms. The van der Waals surface area contributed by atoms with Crippen LogP contribution < -0.4 is 4.72 Å². The lowest BCUT2D eigenvalue weighted by Gasteiger charge is -2.12. The summed E-state index contributed by atoms with van der Waals surface area (Å²) in [5.41, 5.74) is 2.54. The maximum atomic E-state index is 12.6. The molecule has 0 aliphatic heterocycles. The fraction of sp³-hybridized carbons (Fsp3) is 0.286. The van der Waals surface area contributed by atoms with Crippen LogP contribution in [0.4, 0.5) is 5.13 Å². The summed E-state index contributed by atoms with van der Waals surface area (Å²) in [6, 6.07) is 3.58. The summed E-state index contributed by atoms with van der Waals surface area (Å²) < 4.78 is 27.5. The number of rotatable bonds is 4. The van der Waals surface area contributed by atoms with Crippen LogP contribution in [0.5, 0.6) is 0 Å². The highest BCUT2D eigenvalue weighted by atomic mass is 32.2. The summed E-state index contributed by atoms with van der Waals surface area (Å²) in [4.78, 5) is 15.2. The van der Waals surface area contributed by atoms with Crippen LogP contribution in [0, 0.1) is 27.7 Å². The highest BCUT2D eigenvalue weighted by molar-refractivity contribution is 7.93. The highest BCUT2D eigenvalue weighted by Gasteiger charge is 2.23. The summed E-state index contributed by atoms with van der Waals surface area (Å²) in [6.07, 6.45) is 0. The number of hydrogen-bond donors (Lipinski definition) is 2. The molecule has 0 spiro atoms. The van der Waals surface area contributed by atoms with E-state index in [-0.39, 0.29) is 20.6 Å². The number of aromatic nitrogens is 1. The van der Waals surface area contributed by atoms with E-state index in [4.69, 9.17) is 5.11 Å². The summed E-state index contributed by atoms with van der Waals surface area (Å²) in [5.74, 6) is -1.12. The van der Waals surface area contributed by atoms with Gasteiger partial charge in [0.2, 0.25) is 0 Å². The lowest BCUT2D eigenvalue weighted by molar-refractivity contribution is 0.0701. The molecule has 118 valence electrons. The van der Waals surface area contributed by atoms with E-state index in [1.54, 1.807) is 26.0 Å². The number of aryl methyl sites for hydroxylation is 4. The van der Waals surface area contributed by atoms with Gasteiger partial charge in [0, 0.05) is 0 Å². The second-order valence-electron chi connectivity index (χ2n) is 5.07. The Morgan fingerprint density at radius 2 is 1.73 bits per heavy atom. The van der Waals surface area contributed by atoms with Crippen molar-refractivity contribution in [3.8, 4) is 0 Å². The van der Waals surface area contributed by atoms with Gasteiger partial charge in [-0.2, -0.15) is 0 Å². The van der Waals surface area contributed by atoms with Crippen molar-refractivity contribution in [2.75, 3.05) is 4.72 Å². The minimum Gasteiger partial charge on any atom is -0.477 e. The molecule has 2 aromatic rings. The Morgan fingerprint density at radius 3 is 2.18 bits per heavy atom. The van der Waals surface area contributed by atoms with Gasteiger partial charge in [0.25, 0.3) is 10.0 Å². The molecule has 1 aromatic carbocycles. The molecule has 0 fully saturated rings. The van der Waals surface area contributed by atoms with E-state index < -0.39 is 16.0 Å². The van der Waals surface area contributed by atoms with Gasteiger partial charge in [-0.3, -0.25) is 4.72 Å². The molecular formula is C14H16N2O4S2. The van der Waals surface area contributed by atoms with Crippen LogP contribution in [-0.4, -0.2) is 24.5 Å². The van der Waals surface area contributed by atoms with E-state index in [1.165, 1.54) is 6.92 Å². The lowest BCUT2D eigenvalue weighted by atomic mass is 10.1. The Hall–Kier alpha value is -1.93. The molecule has 0 aliphatic rings. The molecule has 0 saturated heterocycles. The Bertz CT molecular complexity index is 831. The molecule has 1 aromatic heterocycles. The minimum absolute atomic E-state index is 0.0232. The van der Waals surface area contributed by atoms with Crippen molar-refractivity contribution in [2.24, 2.45) is 0 Å². The fourth-order valence-electron chi connectivity index (χ4n) is 2.40. The summed E-state index contributed by atoms with van der Waals surface area (Å²) in [5, 5.41) is 9.06. The molecule has 2 N–H and O–H groups in total. The van der Waals surface area contributed by atoms with E-state index in [0.717, 1.165) is 16.9 Å². The number of carboxylic acids is 1. The van der Waals surface area contributed by atoms with Crippen molar-refractivity contribution >= 4 is 32.5 Å². The molecule has 6 nitrogen and oxygen atoms in total. The van der Waals surface area contributed by atoms with E-state index in [9.17, 15) is 13.2 Å². The predicted molar refractivity (Wildman–Crippen MR) is 85.3 cm³/mol. The zero-order valence-electron chi connectivity index (χ0n) is 12.6. The molecule has 0 atom stereocenters. The number of carbonyl (C=O) groups is 1. The normalized spacial score (nSPS) is 11.5. The summed E-state index contributed by atoms with van der Waals surface area (Å²) in [6.45, 7) is 6.88. The first kappa shape index (κ1) is 16.4. The Kier molecular flexibility index (Phi) is 4.25. The first-order valence-corrected chi connectivity index (χ1v) is 8.73. The number of anilines is 1. The smallest absolute Gasteiger partial charge is 0.347 e. The fourth-order valence-corrected chi connectivity index (χ4v) is 4.89. The zero-order chi connectivity index (χ0) is 16.7. The van der Waals surface area contributed by atoms with Crippen molar-refractivity contribution in [2.45, 2.75) is 32.6 Å². The van der Waals surface area contributed by atoms with E-state index >= 15 is 0 Å². The van der Waals surface area contributed by atoms with Crippen molar-refractivity contribution in [1.29, 1.82) is 0 Å². The van der Waals surface area contributed by atoms with Gasteiger partial charge in [0.05, 0.1) is 10.6 Å². The summed E-state index contributed by atoms with van der Waals surface area (Å²) >= 11 is 0.803. The third kappa shape index (κ3) is 3.12. The van der Waals surface area contributed by atoms with Gasteiger partial charge in [0.15, 0.2) is 5.13 Å². The first-order valence-electron chi connectivity index (χ1n) is 6.43. The molecule has 2 rings (SSSR count). The van der Waals surface area contributed by atoms with Crippen molar-refractivity contribution < 1.29 is 18.3 Å². The van der Waals surface area contributed by atoms with Crippen molar-refractivity contribution in [3.63, 3.8) is 0 Å². The van der Waals surface area contributed by atoms with Crippen LogP contribution in [0.2, 0.25) is 0 Å². The number of nitrogens with one attached hydrogen (secondary N) is 1. The maximum Gasteiger partial charge on any atom is 0.347 e. The standard InChI is InChI=1S/C14H16N2O4S2/c1-7-5-8(2)12(9(3)6-7)22(19,20)16-14-15-10(4)11(21-14)13(17)18/h5-6H,1-4H3,(H,15,16)(H,17,18). The van der Waals surface area contributed by atoms with Crippen LogP contribution in [0.3, 0.4) is 0 Å². The van der Waals surface area contributed by atoms with Gasteiger partial charge in [-0.05, 0) is 38.8 Å². The van der Waals surface area contributed by atoms with Crippen molar-refractivity contribution in [1.82, 2.24) is 4.98 Å². The van der Waals surface area contributed by atoms with Crippen LogP contribution in [0.25, 0.3) is 0 Å². The van der Waals surface area contributed by atoms with Crippen LogP contribution in [0.15, 0.2) is 17.0 Å². The van der Waals surface area contributed by atoms with E-state index in [0.29, 0.717) is 11.1 Å². The Balaban J connectivity index is 2.45. The number of aromatic carboxylic acids is 1. The molecule has 0 bridgehead atoms. The monoisotopic (exact) mass is 340 g/mol. The minimum atomic E-state index is -3.82. The van der Waals surface area contributed by atoms with E-state index in [1.807, 2.05) is 6.92 Å². The molecule has 0 amide bonds. The molecule has 0 radical (unpaired) electrons. The van der Waals surface area contributed by atoms with Crippen LogP contribution in [0.1, 0.15) is 32.1 Å². The second-order valence-corrected chi connectivity index (χ2v) is 7.69. The zero-order valence-corrected chi connectivity index (χ0v) is 14.2. The Labute approximate surface area is 132 Å². The highest BCUT2D eigenvalue weighted by Crippen LogP contribution is 2.28. The molecule has 0 unspecified atom stereocenters. The molecule has 0 aliphatic carbocycles. The van der Waals surface area contributed by atoms with Gasteiger partial charge >= 0.3 is 5.97 Å². The molecular weight excluding hydrogens is 324 g/mol. The topological polar surface area (TPSA) is 96.4 Å².